The maximum atomic E-state index is 5.85. The maximum Gasteiger partial charge on any atom is 0.327 e. The number of hydrogen-bond acceptors (Lipinski definition) is 4. The van der Waals surface area contributed by atoms with Crippen molar-refractivity contribution in [3.63, 3.8) is 0 Å². The van der Waals surface area contributed by atoms with E-state index in [4.69, 9.17) is 14.2 Å². The molecule has 1 unspecified atom stereocenters. The third kappa shape index (κ3) is 3.68. The van der Waals surface area contributed by atoms with Crippen LogP contribution in [0.4, 0.5) is 0 Å². The molecule has 1 aliphatic heterocycles. The van der Waals surface area contributed by atoms with Crippen LogP contribution in [0.2, 0.25) is 0 Å². The molecule has 0 saturated carbocycles. The second-order valence-electron chi connectivity index (χ2n) is 3.75. The molecule has 0 aromatic rings. The van der Waals surface area contributed by atoms with Crippen LogP contribution < -0.4 is 0 Å². The minimum Gasteiger partial charge on any atom is -0.433 e. The van der Waals surface area contributed by atoms with Gasteiger partial charge in [0.15, 0.2) is 5.09 Å². The van der Waals surface area contributed by atoms with Crippen molar-refractivity contribution < 1.29 is 14.2 Å². The lowest BCUT2D eigenvalue weighted by molar-refractivity contribution is -0.370. The molecular formula is C12H22O3S. The van der Waals surface area contributed by atoms with Gasteiger partial charge in [-0.2, -0.15) is 0 Å². The monoisotopic (exact) mass is 246 g/mol. The first-order valence-electron chi connectivity index (χ1n) is 5.97. The molecule has 0 amide bonds. The summed E-state index contributed by atoms with van der Waals surface area (Å²) in [5.41, 5.74) is 0. The molecule has 1 heterocycles. The van der Waals surface area contributed by atoms with Gasteiger partial charge >= 0.3 is 5.97 Å². The first-order valence-corrected chi connectivity index (χ1v) is 6.95. The number of ether oxygens (including phenoxy) is 3. The highest BCUT2D eigenvalue weighted by Crippen LogP contribution is 2.37. The smallest absolute Gasteiger partial charge is 0.327 e. The summed E-state index contributed by atoms with van der Waals surface area (Å²) >= 11 is 1.69. The summed E-state index contributed by atoms with van der Waals surface area (Å²) in [5.74, 6) is 0.545. The molecule has 1 atom stereocenters. The minimum absolute atomic E-state index is 0.417. The van der Waals surface area contributed by atoms with E-state index in [0.717, 1.165) is 17.3 Å². The van der Waals surface area contributed by atoms with Crippen LogP contribution >= 0.6 is 11.8 Å². The van der Waals surface area contributed by atoms with Gasteiger partial charge in [-0.1, -0.05) is 25.6 Å². The van der Waals surface area contributed by atoms with E-state index in [2.05, 4.69) is 19.9 Å². The van der Waals surface area contributed by atoms with Gasteiger partial charge in [-0.25, -0.2) is 0 Å². The molecule has 1 rings (SSSR count). The minimum atomic E-state index is -0.866. The Labute approximate surface area is 103 Å². The van der Waals surface area contributed by atoms with Crippen LogP contribution in [-0.2, 0) is 14.2 Å². The van der Waals surface area contributed by atoms with Crippen LogP contribution in [0, 0.1) is 5.92 Å². The topological polar surface area (TPSA) is 27.7 Å². The van der Waals surface area contributed by atoms with Gasteiger partial charge in [0.1, 0.15) is 0 Å². The summed E-state index contributed by atoms with van der Waals surface area (Å²) in [6.07, 6.45) is 2.90. The van der Waals surface area contributed by atoms with Gasteiger partial charge in [0.25, 0.3) is 0 Å². The molecule has 0 N–H and O–H groups in total. The number of hydrogen-bond donors (Lipinski definition) is 0. The average molecular weight is 246 g/mol. The Kier molecular flexibility index (Phi) is 5.66. The average Bonchev–Trinajstić information content (AvgIpc) is 2.17. The molecule has 0 bridgehead atoms. The van der Waals surface area contributed by atoms with Crippen LogP contribution in [0.5, 0.6) is 0 Å². The van der Waals surface area contributed by atoms with Crippen molar-refractivity contribution in [2.24, 2.45) is 5.92 Å². The molecular weight excluding hydrogens is 224 g/mol. The Morgan fingerprint density at radius 1 is 1.38 bits per heavy atom. The number of thioether (sulfide) groups is 1. The van der Waals surface area contributed by atoms with E-state index in [-0.39, 0.29) is 0 Å². The summed E-state index contributed by atoms with van der Waals surface area (Å²) in [4.78, 5) is 0. The Balaban J connectivity index is 2.75. The normalized spacial score (nSPS) is 23.8. The summed E-state index contributed by atoms with van der Waals surface area (Å²) < 4.78 is 17.2. The largest absolute Gasteiger partial charge is 0.433 e. The van der Waals surface area contributed by atoms with Gasteiger partial charge in [0.05, 0.1) is 13.2 Å². The van der Waals surface area contributed by atoms with Gasteiger partial charge in [-0.15, -0.1) is 0 Å². The molecule has 0 aromatic carbocycles. The highest BCUT2D eigenvalue weighted by molar-refractivity contribution is 8.02. The van der Waals surface area contributed by atoms with E-state index in [1.807, 2.05) is 13.8 Å². The zero-order chi connectivity index (χ0) is 12.0. The first kappa shape index (κ1) is 13.9. The zero-order valence-electron chi connectivity index (χ0n) is 10.6. The third-order valence-electron chi connectivity index (χ3n) is 2.26. The van der Waals surface area contributed by atoms with E-state index in [1.165, 1.54) is 0 Å². The molecule has 3 nitrogen and oxygen atoms in total. The van der Waals surface area contributed by atoms with Crippen molar-refractivity contribution >= 4 is 11.8 Å². The van der Waals surface area contributed by atoms with Crippen molar-refractivity contribution in [2.75, 3.05) is 19.0 Å². The summed E-state index contributed by atoms with van der Waals surface area (Å²) in [6.45, 7) is 9.37. The van der Waals surface area contributed by atoms with Gasteiger partial charge in [-0.05, 0) is 31.6 Å². The molecule has 0 radical (unpaired) electrons. The van der Waals surface area contributed by atoms with Gasteiger partial charge in [0.2, 0.25) is 0 Å². The fourth-order valence-corrected chi connectivity index (χ4v) is 2.59. The van der Waals surface area contributed by atoms with E-state index in [9.17, 15) is 0 Å². The van der Waals surface area contributed by atoms with E-state index in [0.29, 0.717) is 19.1 Å². The van der Waals surface area contributed by atoms with Crippen molar-refractivity contribution in [2.45, 2.75) is 40.1 Å². The Hall–Kier alpha value is -0.190. The molecule has 0 saturated heterocycles. The Bertz CT molecular complexity index is 234. The van der Waals surface area contributed by atoms with E-state index < -0.39 is 5.97 Å². The van der Waals surface area contributed by atoms with E-state index in [1.54, 1.807) is 11.8 Å². The third-order valence-corrected chi connectivity index (χ3v) is 3.06. The van der Waals surface area contributed by atoms with E-state index >= 15 is 0 Å². The highest BCUT2D eigenvalue weighted by atomic mass is 32.2. The van der Waals surface area contributed by atoms with Crippen molar-refractivity contribution in [1.29, 1.82) is 0 Å². The van der Waals surface area contributed by atoms with Crippen LogP contribution in [-0.4, -0.2) is 24.9 Å². The lowest BCUT2D eigenvalue weighted by atomic mass is 10.1. The lowest BCUT2D eigenvalue weighted by Crippen LogP contribution is -2.42. The summed E-state index contributed by atoms with van der Waals surface area (Å²) in [5, 5.41) is 0.920. The van der Waals surface area contributed by atoms with Crippen molar-refractivity contribution in [3.05, 3.63) is 11.2 Å². The Morgan fingerprint density at radius 3 is 2.50 bits per heavy atom. The number of allylic oxidation sites excluding steroid dienone is 1. The van der Waals surface area contributed by atoms with Gasteiger partial charge in [-0.3, -0.25) is 0 Å². The molecule has 4 heteroatoms. The van der Waals surface area contributed by atoms with Crippen LogP contribution in [0.25, 0.3) is 0 Å². The molecule has 0 aromatic heterocycles. The van der Waals surface area contributed by atoms with Crippen molar-refractivity contribution in [1.82, 2.24) is 0 Å². The highest BCUT2D eigenvalue weighted by Gasteiger charge is 2.39. The quantitative estimate of drug-likeness (QED) is 0.672. The lowest BCUT2D eigenvalue weighted by Gasteiger charge is -2.38. The molecule has 94 valence electrons. The first-order chi connectivity index (χ1) is 7.65. The number of rotatable bonds is 6. The molecule has 0 fully saturated rings. The second-order valence-corrected chi connectivity index (χ2v) is 5.02. The Morgan fingerprint density at radius 2 is 2.00 bits per heavy atom. The summed E-state index contributed by atoms with van der Waals surface area (Å²) in [7, 11) is 0. The van der Waals surface area contributed by atoms with Gasteiger partial charge < -0.3 is 14.2 Å². The molecule has 16 heavy (non-hydrogen) atoms. The van der Waals surface area contributed by atoms with Crippen LogP contribution in [0.1, 0.15) is 34.1 Å². The van der Waals surface area contributed by atoms with Crippen LogP contribution in [0.15, 0.2) is 11.2 Å². The second kappa shape index (κ2) is 6.52. The predicted molar refractivity (Wildman–Crippen MR) is 67.1 cm³/mol. The summed E-state index contributed by atoms with van der Waals surface area (Å²) in [6, 6.07) is 0. The fraction of sp³-hybridized carbons (Fsp3) is 0.833. The predicted octanol–water partition coefficient (Wildman–Crippen LogP) is 3.36. The molecule has 0 aliphatic carbocycles. The van der Waals surface area contributed by atoms with Gasteiger partial charge in [0, 0.05) is 6.42 Å². The molecule has 0 spiro atoms. The maximum absolute atomic E-state index is 5.85. The molecule has 1 aliphatic rings. The zero-order valence-corrected chi connectivity index (χ0v) is 11.4. The van der Waals surface area contributed by atoms with Crippen LogP contribution in [0.3, 0.4) is 0 Å². The fourth-order valence-electron chi connectivity index (χ4n) is 1.79. The van der Waals surface area contributed by atoms with Crippen molar-refractivity contribution in [3.8, 4) is 0 Å². The standard InChI is InChI=1S/C12H22O3S/c1-5-13-12(14-6-2)9-10(4)8-11(15-12)16-7-3/h8,10H,5-7,9H2,1-4H3. The SMILES string of the molecule is CCOC1(OCC)CC(C)C=C(SCC)O1.